The number of nitriles is 1. The molecule has 1 aromatic carbocycles. The van der Waals surface area contributed by atoms with Crippen molar-refractivity contribution in [1.82, 2.24) is 5.32 Å². The van der Waals surface area contributed by atoms with E-state index in [1.807, 2.05) is 39.1 Å². The maximum atomic E-state index is 8.98. The number of nitrogens with one attached hydrogen (secondary N) is 1. The van der Waals surface area contributed by atoms with Crippen molar-refractivity contribution in [3.05, 3.63) is 23.8 Å². The normalized spacial score (nSPS) is 13.5. The fourth-order valence-corrected chi connectivity index (χ4v) is 1.61. The number of hydrogen-bond acceptors (Lipinski definition) is 4. The summed E-state index contributed by atoms with van der Waals surface area (Å²) in [6, 6.07) is 7.97. The molecule has 1 N–H and O–H groups in total. The Morgan fingerprint density at radius 3 is 2.67 bits per heavy atom. The third-order valence-electron chi connectivity index (χ3n) is 2.90. The van der Waals surface area contributed by atoms with E-state index in [9.17, 15) is 0 Å². The number of ether oxygens (including phenoxy) is 2. The number of rotatable bonds is 6. The van der Waals surface area contributed by atoms with Gasteiger partial charge in [0.2, 0.25) is 0 Å². The summed E-state index contributed by atoms with van der Waals surface area (Å²) < 4.78 is 10.9. The molecule has 0 saturated carbocycles. The molecular formula is C14H20N2O2. The third kappa shape index (κ3) is 3.38. The van der Waals surface area contributed by atoms with E-state index < -0.39 is 6.10 Å². The van der Waals surface area contributed by atoms with Gasteiger partial charge in [0.25, 0.3) is 0 Å². The van der Waals surface area contributed by atoms with Crippen molar-refractivity contribution >= 4 is 0 Å². The molecule has 4 heteroatoms. The number of methoxy groups -OCH3 is 1. The van der Waals surface area contributed by atoms with Crippen LogP contribution in [0.1, 0.15) is 31.9 Å². The van der Waals surface area contributed by atoms with E-state index >= 15 is 0 Å². The Morgan fingerprint density at radius 2 is 2.17 bits per heavy atom. The summed E-state index contributed by atoms with van der Waals surface area (Å²) in [7, 11) is 3.50. The minimum absolute atomic E-state index is 0.155. The molecule has 98 valence electrons. The highest BCUT2D eigenvalue weighted by atomic mass is 16.5. The van der Waals surface area contributed by atoms with Crippen molar-refractivity contribution in [2.24, 2.45) is 0 Å². The zero-order chi connectivity index (χ0) is 13.5. The predicted octanol–water partition coefficient (Wildman–Crippen LogP) is 2.66. The molecule has 0 aliphatic rings. The summed E-state index contributed by atoms with van der Waals surface area (Å²) in [4.78, 5) is 0. The summed E-state index contributed by atoms with van der Waals surface area (Å²) in [5.41, 5.74) is 1.02. The fraction of sp³-hybridized carbons (Fsp3) is 0.500. The molecule has 0 saturated heterocycles. The molecule has 4 nitrogen and oxygen atoms in total. The zero-order valence-corrected chi connectivity index (χ0v) is 11.4. The fourth-order valence-electron chi connectivity index (χ4n) is 1.61. The zero-order valence-electron chi connectivity index (χ0n) is 11.4. The minimum atomic E-state index is -0.431. The Balaban J connectivity index is 3.07. The van der Waals surface area contributed by atoms with Crippen LogP contribution in [-0.2, 0) is 0 Å². The van der Waals surface area contributed by atoms with Gasteiger partial charge in [0.15, 0.2) is 6.10 Å². The van der Waals surface area contributed by atoms with Crippen LogP contribution in [0.5, 0.6) is 11.5 Å². The Morgan fingerprint density at radius 1 is 1.44 bits per heavy atom. The first-order chi connectivity index (χ1) is 8.65. The monoisotopic (exact) mass is 248 g/mol. The predicted molar refractivity (Wildman–Crippen MR) is 70.8 cm³/mol. The second-order valence-electron chi connectivity index (χ2n) is 4.06. The first-order valence-electron chi connectivity index (χ1n) is 6.07. The molecule has 2 atom stereocenters. The largest absolute Gasteiger partial charge is 0.497 e. The summed E-state index contributed by atoms with van der Waals surface area (Å²) in [5.74, 6) is 1.43. The van der Waals surface area contributed by atoms with Crippen molar-refractivity contribution in [3.8, 4) is 17.6 Å². The lowest BCUT2D eigenvalue weighted by atomic mass is 10.1. The van der Waals surface area contributed by atoms with Crippen molar-refractivity contribution in [1.29, 1.82) is 5.26 Å². The minimum Gasteiger partial charge on any atom is -0.497 e. The quantitative estimate of drug-likeness (QED) is 0.841. The van der Waals surface area contributed by atoms with Gasteiger partial charge in [0, 0.05) is 17.7 Å². The molecule has 0 radical (unpaired) electrons. The van der Waals surface area contributed by atoms with Crippen LogP contribution in [0.4, 0.5) is 0 Å². The van der Waals surface area contributed by atoms with Gasteiger partial charge < -0.3 is 14.8 Å². The van der Waals surface area contributed by atoms with Crippen LogP contribution in [0, 0.1) is 11.3 Å². The van der Waals surface area contributed by atoms with E-state index in [4.69, 9.17) is 14.7 Å². The highest BCUT2D eigenvalue weighted by Crippen LogP contribution is 2.30. The van der Waals surface area contributed by atoms with Crippen LogP contribution in [0.25, 0.3) is 0 Å². The van der Waals surface area contributed by atoms with Gasteiger partial charge in [-0.2, -0.15) is 5.26 Å². The Kier molecular flexibility index (Phi) is 5.47. The van der Waals surface area contributed by atoms with E-state index in [1.165, 1.54) is 0 Å². The maximum Gasteiger partial charge on any atom is 0.184 e. The van der Waals surface area contributed by atoms with Gasteiger partial charge >= 0.3 is 0 Å². The first-order valence-corrected chi connectivity index (χ1v) is 6.07. The van der Waals surface area contributed by atoms with Crippen LogP contribution in [0.3, 0.4) is 0 Å². The van der Waals surface area contributed by atoms with Crippen LogP contribution in [-0.4, -0.2) is 20.3 Å². The van der Waals surface area contributed by atoms with Crippen molar-refractivity contribution in [2.75, 3.05) is 14.2 Å². The van der Waals surface area contributed by atoms with Crippen LogP contribution in [0.2, 0.25) is 0 Å². The standard InChI is InChI=1S/C14H20N2O2/c1-5-11(9-15)18-14-8-12(17-4)6-7-13(14)10(2)16-3/h6-8,10-11,16H,5H2,1-4H3. The summed E-state index contributed by atoms with van der Waals surface area (Å²) in [6.07, 6.45) is 0.223. The Hall–Kier alpha value is -1.73. The molecule has 0 amide bonds. The van der Waals surface area contributed by atoms with Gasteiger partial charge in [-0.15, -0.1) is 0 Å². The van der Waals surface area contributed by atoms with Gasteiger partial charge in [0.1, 0.15) is 17.6 Å². The highest BCUT2D eigenvalue weighted by Gasteiger charge is 2.15. The lowest BCUT2D eigenvalue weighted by Crippen LogP contribution is -2.17. The van der Waals surface area contributed by atoms with Gasteiger partial charge in [-0.25, -0.2) is 0 Å². The van der Waals surface area contributed by atoms with E-state index in [-0.39, 0.29) is 6.04 Å². The van der Waals surface area contributed by atoms with Crippen LogP contribution >= 0.6 is 0 Å². The molecule has 0 fully saturated rings. The Bertz CT molecular complexity index is 426. The lowest BCUT2D eigenvalue weighted by Gasteiger charge is -2.19. The number of benzene rings is 1. The van der Waals surface area contributed by atoms with Crippen molar-refractivity contribution in [2.45, 2.75) is 32.4 Å². The SMILES string of the molecule is CCC(C#N)Oc1cc(OC)ccc1C(C)NC. The van der Waals surface area contributed by atoms with Gasteiger partial charge in [-0.05, 0) is 26.5 Å². The molecule has 18 heavy (non-hydrogen) atoms. The molecule has 0 aliphatic carbocycles. The topological polar surface area (TPSA) is 54.3 Å². The third-order valence-corrected chi connectivity index (χ3v) is 2.90. The number of nitrogens with zero attached hydrogens (tertiary/aromatic N) is 1. The van der Waals surface area contributed by atoms with Gasteiger partial charge in [0.05, 0.1) is 7.11 Å². The van der Waals surface area contributed by atoms with Crippen LogP contribution < -0.4 is 14.8 Å². The maximum absolute atomic E-state index is 8.98. The smallest absolute Gasteiger partial charge is 0.184 e. The van der Waals surface area contributed by atoms with E-state index in [2.05, 4.69) is 11.4 Å². The molecule has 0 aromatic heterocycles. The molecule has 0 aliphatic heterocycles. The lowest BCUT2D eigenvalue weighted by molar-refractivity contribution is 0.246. The Labute approximate surface area is 109 Å². The van der Waals surface area contributed by atoms with E-state index in [1.54, 1.807) is 7.11 Å². The molecule has 1 rings (SSSR count). The van der Waals surface area contributed by atoms with E-state index in [0.29, 0.717) is 12.2 Å². The second kappa shape index (κ2) is 6.87. The molecular weight excluding hydrogens is 228 g/mol. The second-order valence-corrected chi connectivity index (χ2v) is 4.06. The highest BCUT2D eigenvalue weighted by molar-refractivity contribution is 5.42. The summed E-state index contributed by atoms with van der Waals surface area (Å²) in [6.45, 7) is 3.97. The molecule has 2 unspecified atom stereocenters. The molecule has 0 spiro atoms. The van der Waals surface area contributed by atoms with Gasteiger partial charge in [-0.3, -0.25) is 0 Å². The van der Waals surface area contributed by atoms with Gasteiger partial charge in [-0.1, -0.05) is 13.0 Å². The molecule has 1 aromatic rings. The van der Waals surface area contributed by atoms with Crippen molar-refractivity contribution < 1.29 is 9.47 Å². The summed E-state index contributed by atoms with van der Waals surface area (Å²) in [5, 5.41) is 12.1. The summed E-state index contributed by atoms with van der Waals surface area (Å²) >= 11 is 0. The molecule has 0 heterocycles. The average molecular weight is 248 g/mol. The molecule has 0 bridgehead atoms. The van der Waals surface area contributed by atoms with E-state index in [0.717, 1.165) is 11.3 Å². The number of hydrogen-bond donors (Lipinski definition) is 1. The average Bonchev–Trinajstić information content (AvgIpc) is 2.43. The van der Waals surface area contributed by atoms with Crippen LogP contribution in [0.15, 0.2) is 18.2 Å². The first kappa shape index (κ1) is 14.3. The van der Waals surface area contributed by atoms with Crippen molar-refractivity contribution in [3.63, 3.8) is 0 Å².